The number of nitrogens with zero attached hydrogens (tertiary/aromatic N) is 1. The smallest absolute Gasteiger partial charge is 0.240 e. The van der Waals surface area contributed by atoms with Gasteiger partial charge in [0.25, 0.3) is 0 Å². The van der Waals surface area contributed by atoms with E-state index >= 15 is 0 Å². The second-order valence-corrected chi connectivity index (χ2v) is 3.82. The first-order valence-corrected chi connectivity index (χ1v) is 4.24. The summed E-state index contributed by atoms with van der Waals surface area (Å²) in [5.74, 6) is 4.84. The van der Waals surface area contributed by atoms with Gasteiger partial charge in [-0.25, -0.2) is 5.84 Å². The lowest BCUT2D eigenvalue weighted by Crippen LogP contribution is -2.46. The summed E-state index contributed by atoms with van der Waals surface area (Å²) >= 11 is 0. The van der Waals surface area contributed by atoms with Gasteiger partial charge in [0.1, 0.15) is 0 Å². The number of hydrogen-bond acceptors (Lipinski definition) is 4. The van der Waals surface area contributed by atoms with E-state index in [1.807, 2.05) is 25.8 Å². The highest BCUT2D eigenvalue weighted by Gasteiger charge is 2.28. The number of amides is 1. The van der Waals surface area contributed by atoms with Crippen molar-refractivity contribution in [2.45, 2.75) is 13.8 Å². The van der Waals surface area contributed by atoms with Crippen LogP contribution >= 0.6 is 0 Å². The fourth-order valence-electron chi connectivity index (χ4n) is 1.19. The van der Waals surface area contributed by atoms with Crippen molar-refractivity contribution in [1.82, 2.24) is 10.3 Å². The zero-order valence-electron chi connectivity index (χ0n) is 8.50. The van der Waals surface area contributed by atoms with Gasteiger partial charge in [-0.15, -0.1) is 0 Å². The van der Waals surface area contributed by atoms with Gasteiger partial charge in [-0.2, -0.15) is 0 Å². The van der Waals surface area contributed by atoms with E-state index in [0.717, 1.165) is 0 Å². The number of nitrogens with two attached hydrogens (primary N) is 1. The second-order valence-electron chi connectivity index (χ2n) is 3.82. The van der Waals surface area contributed by atoms with E-state index < -0.39 is 5.41 Å². The molecule has 0 radical (unpaired) electrons. The van der Waals surface area contributed by atoms with Gasteiger partial charge >= 0.3 is 0 Å². The SMILES string of the molecule is CN(CCO)CC(C)(C)C(=O)NN. The van der Waals surface area contributed by atoms with Crippen LogP contribution in [0.2, 0.25) is 0 Å². The molecule has 78 valence electrons. The normalized spacial score (nSPS) is 11.8. The van der Waals surface area contributed by atoms with Crippen molar-refractivity contribution in [2.75, 3.05) is 26.7 Å². The molecule has 0 aliphatic heterocycles. The Morgan fingerprint density at radius 1 is 1.62 bits per heavy atom. The first-order chi connectivity index (χ1) is 5.94. The number of aliphatic hydroxyl groups is 1. The molecule has 1 amide bonds. The van der Waals surface area contributed by atoms with Crippen LogP contribution in [-0.4, -0.2) is 42.7 Å². The maximum absolute atomic E-state index is 11.2. The topological polar surface area (TPSA) is 78.6 Å². The van der Waals surface area contributed by atoms with Crippen molar-refractivity contribution in [1.29, 1.82) is 0 Å². The van der Waals surface area contributed by atoms with Gasteiger partial charge in [0.05, 0.1) is 12.0 Å². The Hall–Kier alpha value is -0.650. The summed E-state index contributed by atoms with van der Waals surface area (Å²) in [6.45, 7) is 4.83. The second kappa shape index (κ2) is 5.16. The number of carbonyl (C=O) groups is 1. The van der Waals surface area contributed by atoms with E-state index in [2.05, 4.69) is 5.43 Å². The zero-order chi connectivity index (χ0) is 10.5. The van der Waals surface area contributed by atoms with Gasteiger partial charge in [0.2, 0.25) is 5.91 Å². The Morgan fingerprint density at radius 3 is 2.54 bits per heavy atom. The van der Waals surface area contributed by atoms with Crippen LogP contribution in [0.1, 0.15) is 13.8 Å². The van der Waals surface area contributed by atoms with Gasteiger partial charge in [-0.05, 0) is 20.9 Å². The summed E-state index contributed by atoms with van der Waals surface area (Å²) in [5, 5.41) is 8.66. The fraction of sp³-hybridized carbons (Fsp3) is 0.875. The molecule has 5 nitrogen and oxygen atoms in total. The number of hydrogen-bond donors (Lipinski definition) is 3. The quantitative estimate of drug-likeness (QED) is 0.292. The highest BCUT2D eigenvalue weighted by atomic mass is 16.3. The molecule has 0 atom stereocenters. The number of aliphatic hydroxyl groups excluding tert-OH is 1. The number of hydrazine groups is 1. The monoisotopic (exact) mass is 189 g/mol. The molecule has 0 spiro atoms. The predicted molar refractivity (Wildman–Crippen MR) is 50.7 cm³/mol. The average molecular weight is 189 g/mol. The lowest BCUT2D eigenvalue weighted by molar-refractivity contribution is -0.130. The van der Waals surface area contributed by atoms with Crippen molar-refractivity contribution in [3.05, 3.63) is 0 Å². The Balaban J connectivity index is 4.07. The Morgan fingerprint density at radius 2 is 2.15 bits per heavy atom. The average Bonchev–Trinajstić information content (AvgIpc) is 2.02. The molecule has 0 unspecified atom stereocenters. The van der Waals surface area contributed by atoms with Crippen molar-refractivity contribution >= 4 is 5.91 Å². The third-order valence-electron chi connectivity index (χ3n) is 1.89. The first-order valence-electron chi connectivity index (χ1n) is 4.24. The van der Waals surface area contributed by atoms with Crippen LogP contribution in [0.5, 0.6) is 0 Å². The summed E-state index contributed by atoms with van der Waals surface area (Å²) < 4.78 is 0. The molecule has 0 aliphatic carbocycles. The predicted octanol–water partition coefficient (Wildman–Crippen LogP) is -1.07. The Labute approximate surface area is 78.9 Å². The van der Waals surface area contributed by atoms with Crippen LogP contribution in [0.15, 0.2) is 0 Å². The molecule has 0 saturated heterocycles. The number of rotatable bonds is 5. The Bertz CT molecular complexity index is 171. The van der Waals surface area contributed by atoms with Crippen molar-refractivity contribution in [2.24, 2.45) is 11.3 Å². The summed E-state index contributed by atoms with van der Waals surface area (Å²) in [5.41, 5.74) is 1.60. The minimum atomic E-state index is -0.529. The van der Waals surface area contributed by atoms with Gasteiger partial charge in [0.15, 0.2) is 0 Å². The lowest BCUT2D eigenvalue weighted by Gasteiger charge is -2.27. The molecular weight excluding hydrogens is 170 g/mol. The highest BCUT2D eigenvalue weighted by Crippen LogP contribution is 2.15. The molecule has 0 aromatic carbocycles. The lowest BCUT2D eigenvalue weighted by atomic mass is 9.92. The number of carbonyl (C=O) groups excluding carboxylic acids is 1. The number of nitrogens with one attached hydrogen (secondary N) is 1. The van der Waals surface area contributed by atoms with Gasteiger partial charge in [0, 0.05) is 13.1 Å². The van der Waals surface area contributed by atoms with Gasteiger partial charge in [-0.3, -0.25) is 10.2 Å². The van der Waals surface area contributed by atoms with E-state index in [-0.39, 0.29) is 12.5 Å². The molecule has 13 heavy (non-hydrogen) atoms. The van der Waals surface area contributed by atoms with E-state index in [9.17, 15) is 4.79 Å². The molecule has 4 N–H and O–H groups in total. The molecular formula is C8H19N3O2. The summed E-state index contributed by atoms with van der Waals surface area (Å²) in [6.07, 6.45) is 0. The highest BCUT2D eigenvalue weighted by molar-refractivity contribution is 5.81. The third-order valence-corrected chi connectivity index (χ3v) is 1.89. The number of likely N-dealkylation sites (N-methyl/N-ethyl adjacent to an activating group) is 1. The summed E-state index contributed by atoms with van der Waals surface area (Å²) in [6, 6.07) is 0. The molecule has 0 fully saturated rings. The molecule has 0 aromatic heterocycles. The van der Waals surface area contributed by atoms with E-state index in [1.165, 1.54) is 0 Å². The van der Waals surface area contributed by atoms with Crippen molar-refractivity contribution < 1.29 is 9.90 Å². The van der Waals surface area contributed by atoms with Gasteiger partial charge < -0.3 is 10.0 Å². The standard InChI is InChI=1S/C8H19N3O2/c1-8(2,7(13)10-9)6-11(3)4-5-12/h12H,4-6,9H2,1-3H3,(H,10,13). The summed E-state index contributed by atoms with van der Waals surface area (Å²) in [7, 11) is 1.85. The van der Waals surface area contributed by atoms with Crippen LogP contribution in [0, 0.1) is 5.41 Å². The zero-order valence-corrected chi connectivity index (χ0v) is 8.50. The summed E-state index contributed by atoms with van der Waals surface area (Å²) in [4.78, 5) is 13.1. The van der Waals surface area contributed by atoms with E-state index in [0.29, 0.717) is 13.1 Å². The molecule has 0 bridgehead atoms. The van der Waals surface area contributed by atoms with Crippen molar-refractivity contribution in [3.8, 4) is 0 Å². The van der Waals surface area contributed by atoms with Crippen LogP contribution in [0.25, 0.3) is 0 Å². The fourth-order valence-corrected chi connectivity index (χ4v) is 1.19. The molecule has 0 aliphatic rings. The Kier molecular flexibility index (Phi) is 4.90. The van der Waals surface area contributed by atoms with Crippen LogP contribution in [0.4, 0.5) is 0 Å². The maximum Gasteiger partial charge on any atom is 0.240 e. The molecule has 5 heteroatoms. The minimum absolute atomic E-state index is 0.0941. The van der Waals surface area contributed by atoms with E-state index in [4.69, 9.17) is 10.9 Å². The first kappa shape index (κ1) is 12.3. The van der Waals surface area contributed by atoms with Crippen LogP contribution in [-0.2, 0) is 4.79 Å². The maximum atomic E-state index is 11.2. The molecule has 0 saturated carbocycles. The third kappa shape index (κ3) is 4.21. The molecule has 0 aromatic rings. The largest absolute Gasteiger partial charge is 0.395 e. The minimum Gasteiger partial charge on any atom is -0.395 e. The van der Waals surface area contributed by atoms with Crippen molar-refractivity contribution in [3.63, 3.8) is 0 Å². The molecule has 0 rings (SSSR count). The van der Waals surface area contributed by atoms with Crippen LogP contribution in [0.3, 0.4) is 0 Å². The van der Waals surface area contributed by atoms with Crippen LogP contribution < -0.4 is 11.3 Å². The molecule has 0 heterocycles. The van der Waals surface area contributed by atoms with Gasteiger partial charge in [-0.1, -0.05) is 0 Å². The van der Waals surface area contributed by atoms with E-state index in [1.54, 1.807) is 0 Å².